The van der Waals surface area contributed by atoms with Crippen LogP contribution in [-0.4, -0.2) is 24.3 Å². The van der Waals surface area contributed by atoms with Crippen molar-refractivity contribution in [3.05, 3.63) is 0 Å². The van der Waals surface area contributed by atoms with Gasteiger partial charge in [-0.3, -0.25) is 0 Å². The van der Waals surface area contributed by atoms with Crippen LogP contribution >= 0.6 is 0 Å². The molecule has 0 aliphatic heterocycles. The van der Waals surface area contributed by atoms with Crippen LogP contribution in [0, 0.1) is 11.8 Å². The van der Waals surface area contributed by atoms with Crippen LogP contribution in [0.1, 0.15) is 33.1 Å². The van der Waals surface area contributed by atoms with E-state index in [0.717, 1.165) is 12.5 Å². The van der Waals surface area contributed by atoms with E-state index in [0.29, 0.717) is 12.0 Å². The monoisotopic (exact) mass is 171 g/mol. The summed E-state index contributed by atoms with van der Waals surface area (Å²) < 4.78 is 0. The Labute approximate surface area is 75.4 Å². The van der Waals surface area contributed by atoms with Crippen molar-refractivity contribution < 1.29 is 5.11 Å². The molecule has 0 aromatic heterocycles. The zero-order chi connectivity index (χ0) is 8.97. The van der Waals surface area contributed by atoms with E-state index in [2.05, 4.69) is 19.2 Å². The Morgan fingerprint density at radius 2 is 2.08 bits per heavy atom. The van der Waals surface area contributed by atoms with Gasteiger partial charge in [0, 0.05) is 6.04 Å². The maximum Gasteiger partial charge on any atom is 0.0587 e. The highest BCUT2D eigenvalue weighted by Crippen LogP contribution is 2.25. The first-order chi connectivity index (χ1) is 5.74. The fourth-order valence-corrected chi connectivity index (χ4v) is 1.53. The Balaban J connectivity index is 2.09. The van der Waals surface area contributed by atoms with Crippen LogP contribution in [0.3, 0.4) is 0 Å². The average molecular weight is 171 g/mol. The van der Waals surface area contributed by atoms with Crippen LogP contribution in [0.5, 0.6) is 0 Å². The van der Waals surface area contributed by atoms with E-state index in [9.17, 15) is 0 Å². The van der Waals surface area contributed by atoms with E-state index in [1.54, 1.807) is 0 Å². The molecule has 0 spiro atoms. The molecule has 1 aliphatic rings. The molecule has 2 N–H and O–H groups in total. The van der Waals surface area contributed by atoms with Gasteiger partial charge in [0.2, 0.25) is 0 Å². The van der Waals surface area contributed by atoms with Crippen molar-refractivity contribution in [2.24, 2.45) is 11.8 Å². The van der Waals surface area contributed by atoms with Gasteiger partial charge < -0.3 is 10.4 Å². The zero-order valence-corrected chi connectivity index (χ0v) is 8.21. The highest BCUT2D eigenvalue weighted by molar-refractivity contribution is 4.76. The van der Waals surface area contributed by atoms with Crippen LogP contribution in [0.25, 0.3) is 0 Å². The highest BCUT2D eigenvalue weighted by Gasteiger charge is 2.19. The van der Waals surface area contributed by atoms with Gasteiger partial charge in [-0.05, 0) is 31.2 Å². The van der Waals surface area contributed by atoms with Gasteiger partial charge in [0.15, 0.2) is 0 Å². The van der Waals surface area contributed by atoms with Crippen LogP contribution in [-0.2, 0) is 0 Å². The third-order valence-electron chi connectivity index (χ3n) is 2.89. The Hall–Kier alpha value is -0.0800. The molecule has 0 bridgehead atoms. The van der Waals surface area contributed by atoms with Crippen molar-refractivity contribution in [3.8, 4) is 0 Å². The minimum absolute atomic E-state index is 0.268. The first-order valence-electron chi connectivity index (χ1n) is 5.08. The second-order valence-electron chi connectivity index (χ2n) is 4.24. The fourth-order valence-electron chi connectivity index (χ4n) is 1.53. The molecule has 0 saturated heterocycles. The number of hydrogen-bond donors (Lipinski definition) is 2. The molecule has 1 saturated carbocycles. The van der Waals surface area contributed by atoms with Crippen LogP contribution in [0.15, 0.2) is 0 Å². The van der Waals surface area contributed by atoms with Gasteiger partial charge in [0.1, 0.15) is 0 Å². The molecule has 2 nitrogen and oxygen atoms in total. The largest absolute Gasteiger partial charge is 0.395 e. The molecule has 1 aliphatic carbocycles. The lowest BCUT2D eigenvalue weighted by atomic mass is 9.85. The molecule has 0 heterocycles. The first-order valence-corrected chi connectivity index (χ1v) is 5.08. The standard InChI is InChI=1S/C10H21NO/c1-8(2)10(7-12)11-6-9-4-3-5-9/h8-12H,3-7H2,1-2H3. The van der Waals surface area contributed by atoms with Crippen molar-refractivity contribution in [1.29, 1.82) is 0 Å². The summed E-state index contributed by atoms with van der Waals surface area (Å²) in [7, 11) is 0. The number of rotatable bonds is 5. The normalized spacial score (nSPS) is 21.0. The lowest BCUT2D eigenvalue weighted by Gasteiger charge is -2.29. The maximum atomic E-state index is 9.04. The zero-order valence-electron chi connectivity index (χ0n) is 8.21. The Morgan fingerprint density at radius 3 is 2.42 bits per heavy atom. The Kier molecular flexibility index (Phi) is 4.02. The van der Waals surface area contributed by atoms with Crippen LogP contribution in [0.2, 0.25) is 0 Å². The topological polar surface area (TPSA) is 32.3 Å². The van der Waals surface area contributed by atoms with E-state index in [1.807, 2.05) is 0 Å². The van der Waals surface area contributed by atoms with Crippen molar-refractivity contribution in [2.75, 3.05) is 13.2 Å². The number of aliphatic hydroxyl groups excluding tert-OH is 1. The number of nitrogens with one attached hydrogen (secondary N) is 1. The van der Waals surface area contributed by atoms with Gasteiger partial charge in [0.25, 0.3) is 0 Å². The van der Waals surface area contributed by atoms with Gasteiger partial charge >= 0.3 is 0 Å². The summed E-state index contributed by atoms with van der Waals surface area (Å²) >= 11 is 0. The molecule has 2 heteroatoms. The summed E-state index contributed by atoms with van der Waals surface area (Å²) in [5.41, 5.74) is 0. The molecular formula is C10H21NO. The minimum Gasteiger partial charge on any atom is -0.395 e. The third-order valence-corrected chi connectivity index (χ3v) is 2.89. The SMILES string of the molecule is CC(C)C(CO)NCC1CCC1. The van der Waals surface area contributed by atoms with Gasteiger partial charge in [-0.2, -0.15) is 0 Å². The maximum absolute atomic E-state index is 9.04. The molecule has 1 fully saturated rings. The summed E-state index contributed by atoms with van der Waals surface area (Å²) in [6.45, 7) is 5.66. The van der Waals surface area contributed by atoms with E-state index in [1.165, 1.54) is 19.3 Å². The number of aliphatic hydroxyl groups is 1. The Morgan fingerprint density at radius 1 is 1.42 bits per heavy atom. The van der Waals surface area contributed by atoms with Gasteiger partial charge in [-0.1, -0.05) is 20.3 Å². The fraction of sp³-hybridized carbons (Fsp3) is 1.00. The van der Waals surface area contributed by atoms with Crippen molar-refractivity contribution in [1.82, 2.24) is 5.32 Å². The summed E-state index contributed by atoms with van der Waals surface area (Å²) in [4.78, 5) is 0. The summed E-state index contributed by atoms with van der Waals surface area (Å²) in [6.07, 6.45) is 4.16. The minimum atomic E-state index is 0.268. The quantitative estimate of drug-likeness (QED) is 0.655. The number of hydrogen-bond acceptors (Lipinski definition) is 2. The average Bonchev–Trinajstić information content (AvgIpc) is 1.93. The highest BCUT2D eigenvalue weighted by atomic mass is 16.3. The molecule has 0 amide bonds. The molecule has 1 atom stereocenters. The van der Waals surface area contributed by atoms with Crippen molar-refractivity contribution in [2.45, 2.75) is 39.2 Å². The second kappa shape index (κ2) is 4.83. The van der Waals surface area contributed by atoms with E-state index >= 15 is 0 Å². The summed E-state index contributed by atoms with van der Waals surface area (Å²) in [6, 6.07) is 0.297. The van der Waals surface area contributed by atoms with Gasteiger partial charge in [0.05, 0.1) is 6.61 Å². The van der Waals surface area contributed by atoms with Crippen molar-refractivity contribution in [3.63, 3.8) is 0 Å². The van der Waals surface area contributed by atoms with E-state index in [4.69, 9.17) is 5.11 Å². The van der Waals surface area contributed by atoms with Crippen LogP contribution < -0.4 is 5.32 Å². The molecule has 12 heavy (non-hydrogen) atoms. The lowest BCUT2D eigenvalue weighted by molar-refractivity contribution is 0.193. The summed E-state index contributed by atoms with van der Waals surface area (Å²) in [5.74, 6) is 1.42. The first kappa shape index (κ1) is 10.0. The third kappa shape index (κ3) is 2.76. The lowest BCUT2D eigenvalue weighted by Crippen LogP contribution is -2.41. The molecular weight excluding hydrogens is 150 g/mol. The molecule has 0 radical (unpaired) electrons. The smallest absolute Gasteiger partial charge is 0.0587 e. The Bertz CT molecular complexity index is 121. The van der Waals surface area contributed by atoms with Crippen LogP contribution in [0.4, 0.5) is 0 Å². The molecule has 72 valence electrons. The molecule has 0 aromatic rings. The molecule has 1 rings (SSSR count). The van der Waals surface area contributed by atoms with Gasteiger partial charge in [-0.15, -0.1) is 0 Å². The summed E-state index contributed by atoms with van der Waals surface area (Å²) in [5, 5.41) is 12.5. The molecule has 1 unspecified atom stereocenters. The van der Waals surface area contributed by atoms with Crippen molar-refractivity contribution >= 4 is 0 Å². The van der Waals surface area contributed by atoms with E-state index < -0.39 is 0 Å². The predicted octanol–water partition coefficient (Wildman–Crippen LogP) is 1.39. The molecule has 0 aromatic carbocycles. The predicted molar refractivity (Wildman–Crippen MR) is 51.1 cm³/mol. The second-order valence-corrected chi connectivity index (χ2v) is 4.24. The van der Waals surface area contributed by atoms with E-state index in [-0.39, 0.29) is 6.61 Å². The van der Waals surface area contributed by atoms with Gasteiger partial charge in [-0.25, -0.2) is 0 Å².